The summed E-state index contributed by atoms with van der Waals surface area (Å²) >= 11 is 0. The summed E-state index contributed by atoms with van der Waals surface area (Å²) in [6.07, 6.45) is 1.73. The van der Waals surface area contributed by atoms with Gasteiger partial charge in [0.25, 0.3) is 0 Å². The Labute approximate surface area is 93.4 Å². The van der Waals surface area contributed by atoms with Gasteiger partial charge >= 0.3 is 0 Å². The molecule has 0 aliphatic carbocycles. The van der Waals surface area contributed by atoms with Crippen LogP contribution in [-0.2, 0) is 0 Å². The summed E-state index contributed by atoms with van der Waals surface area (Å²) in [5.74, 6) is 1.30. The van der Waals surface area contributed by atoms with Crippen molar-refractivity contribution in [3.63, 3.8) is 0 Å². The highest BCUT2D eigenvalue weighted by Crippen LogP contribution is 2.31. The minimum atomic E-state index is -0.0431. The van der Waals surface area contributed by atoms with E-state index in [4.69, 9.17) is 9.47 Å². The van der Waals surface area contributed by atoms with E-state index in [0.717, 1.165) is 10.9 Å². The minimum absolute atomic E-state index is 0.0431. The molecular formula is C12H13NO3. The van der Waals surface area contributed by atoms with E-state index in [0.29, 0.717) is 11.5 Å². The molecule has 0 N–H and O–H groups in total. The van der Waals surface area contributed by atoms with Gasteiger partial charge in [-0.1, -0.05) is 0 Å². The lowest BCUT2D eigenvalue weighted by Crippen LogP contribution is -2.04. The lowest BCUT2D eigenvalue weighted by molar-refractivity contribution is 0.0941. The quantitative estimate of drug-likeness (QED) is 0.778. The Kier molecular flexibility index (Phi) is 2.56. The number of hydrogen-bond donors (Lipinski definition) is 0. The number of hydrogen-bond acceptors (Lipinski definition) is 3. The number of aromatic nitrogens is 1. The van der Waals surface area contributed by atoms with Gasteiger partial charge in [-0.15, -0.1) is 0 Å². The fraction of sp³-hybridized carbons (Fsp3) is 0.250. The molecule has 0 aliphatic heterocycles. The molecule has 1 aromatic carbocycles. The average molecular weight is 219 g/mol. The van der Waals surface area contributed by atoms with E-state index in [1.807, 2.05) is 12.1 Å². The Hall–Kier alpha value is -1.97. The predicted octanol–water partition coefficient (Wildman–Crippen LogP) is 2.32. The Bertz CT molecular complexity index is 542. The summed E-state index contributed by atoms with van der Waals surface area (Å²) in [6, 6.07) is 5.50. The van der Waals surface area contributed by atoms with E-state index in [-0.39, 0.29) is 5.91 Å². The molecule has 0 saturated carbocycles. The van der Waals surface area contributed by atoms with Gasteiger partial charge in [0.15, 0.2) is 0 Å². The van der Waals surface area contributed by atoms with Gasteiger partial charge in [0.2, 0.25) is 5.91 Å². The van der Waals surface area contributed by atoms with Crippen molar-refractivity contribution in [1.29, 1.82) is 0 Å². The third-order valence-electron chi connectivity index (χ3n) is 2.52. The fourth-order valence-corrected chi connectivity index (χ4v) is 1.75. The summed E-state index contributed by atoms with van der Waals surface area (Å²) in [6.45, 7) is 1.52. The molecule has 0 atom stereocenters. The van der Waals surface area contributed by atoms with Crippen molar-refractivity contribution in [2.45, 2.75) is 6.92 Å². The van der Waals surface area contributed by atoms with Gasteiger partial charge in [-0.2, -0.15) is 0 Å². The molecule has 0 spiro atoms. The standard InChI is InChI=1S/C12H13NO3/c1-8(14)13-5-4-9-6-10(15-2)7-11(16-3)12(9)13/h4-7H,1-3H3. The summed E-state index contributed by atoms with van der Waals surface area (Å²) in [5, 5.41) is 0.923. The first-order chi connectivity index (χ1) is 7.67. The molecule has 0 radical (unpaired) electrons. The van der Waals surface area contributed by atoms with Crippen LogP contribution in [0.4, 0.5) is 0 Å². The second kappa shape index (κ2) is 3.89. The molecule has 4 heteroatoms. The Morgan fingerprint density at radius 2 is 2.00 bits per heavy atom. The molecule has 4 nitrogen and oxygen atoms in total. The van der Waals surface area contributed by atoms with E-state index in [1.54, 1.807) is 31.0 Å². The second-order valence-corrected chi connectivity index (χ2v) is 3.47. The summed E-state index contributed by atoms with van der Waals surface area (Å²) in [5.41, 5.74) is 0.774. The molecule has 1 aromatic heterocycles. The summed E-state index contributed by atoms with van der Waals surface area (Å²) in [7, 11) is 3.17. The largest absolute Gasteiger partial charge is 0.497 e. The van der Waals surface area contributed by atoms with Crippen LogP contribution in [0.25, 0.3) is 10.9 Å². The summed E-state index contributed by atoms with van der Waals surface area (Å²) in [4.78, 5) is 11.4. The van der Waals surface area contributed by atoms with Crippen LogP contribution in [0, 0.1) is 0 Å². The predicted molar refractivity (Wildman–Crippen MR) is 61.3 cm³/mol. The van der Waals surface area contributed by atoms with Crippen molar-refractivity contribution in [3.8, 4) is 11.5 Å². The molecule has 1 heterocycles. The Morgan fingerprint density at radius 1 is 1.25 bits per heavy atom. The van der Waals surface area contributed by atoms with Crippen LogP contribution in [0.15, 0.2) is 24.4 Å². The van der Waals surface area contributed by atoms with Crippen LogP contribution in [0.3, 0.4) is 0 Å². The monoisotopic (exact) mass is 219 g/mol. The average Bonchev–Trinajstić information content (AvgIpc) is 2.71. The van der Waals surface area contributed by atoms with Crippen molar-refractivity contribution >= 4 is 16.8 Å². The van der Waals surface area contributed by atoms with Gasteiger partial charge in [-0.05, 0) is 12.1 Å². The highest BCUT2D eigenvalue weighted by Gasteiger charge is 2.11. The van der Waals surface area contributed by atoms with Gasteiger partial charge in [-0.25, -0.2) is 0 Å². The number of ether oxygens (including phenoxy) is 2. The van der Waals surface area contributed by atoms with Crippen molar-refractivity contribution < 1.29 is 14.3 Å². The van der Waals surface area contributed by atoms with Crippen LogP contribution in [0.2, 0.25) is 0 Å². The molecule has 16 heavy (non-hydrogen) atoms. The highest BCUT2D eigenvalue weighted by molar-refractivity contribution is 5.95. The first kappa shape index (κ1) is 10.5. The molecule has 2 aromatic rings. The van der Waals surface area contributed by atoms with Gasteiger partial charge in [0.05, 0.1) is 19.7 Å². The van der Waals surface area contributed by atoms with Gasteiger partial charge in [0.1, 0.15) is 11.5 Å². The van der Waals surface area contributed by atoms with E-state index in [9.17, 15) is 4.79 Å². The molecule has 2 rings (SSSR count). The van der Waals surface area contributed by atoms with Crippen LogP contribution in [-0.4, -0.2) is 24.7 Å². The number of nitrogens with zero attached hydrogens (tertiary/aromatic N) is 1. The molecule has 84 valence electrons. The second-order valence-electron chi connectivity index (χ2n) is 3.47. The van der Waals surface area contributed by atoms with Crippen molar-refractivity contribution in [1.82, 2.24) is 4.57 Å². The zero-order valence-electron chi connectivity index (χ0n) is 9.48. The molecular weight excluding hydrogens is 206 g/mol. The maximum atomic E-state index is 11.4. The lowest BCUT2D eigenvalue weighted by Gasteiger charge is -2.08. The number of benzene rings is 1. The highest BCUT2D eigenvalue weighted by atomic mass is 16.5. The fourth-order valence-electron chi connectivity index (χ4n) is 1.75. The van der Waals surface area contributed by atoms with E-state index < -0.39 is 0 Å². The van der Waals surface area contributed by atoms with E-state index in [1.165, 1.54) is 6.92 Å². The molecule has 0 saturated heterocycles. The topological polar surface area (TPSA) is 40.5 Å². The van der Waals surface area contributed by atoms with E-state index >= 15 is 0 Å². The lowest BCUT2D eigenvalue weighted by atomic mass is 10.2. The van der Waals surface area contributed by atoms with E-state index in [2.05, 4.69) is 0 Å². The molecule has 0 unspecified atom stereocenters. The van der Waals surface area contributed by atoms with Crippen molar-refractivity contribution in [3.05, 3.63) is 24.4 Å². The Balaban J connectivity index is 2.77. The SMILES string of the molecule is COc1cc(OC)c2c(ccn2C(C)=O)c1. The van der Waals surface area contributed by atoms with Crippen LogP contribution in [0.1, 0.15) is 11.7 Å². The first-order valence-corrected chi connectivity index (χ1v) is 4.91. The number of carbonyl (C=O) groups excluding carboxylic acids is 1. The van der Waals surface area contributed by atoms with Gasteiger partial charge < -0.3 is 9.47 Å². The minimum Gasteiger partial charge on any atom is -0.497 e. The zero-order valence-corrected chi connectivity index (χ0v) is 9.48. The van der Waals surface area contributed by atoms with Crippen molar-refractivity contribution in [2.75, 3.05) is 14.2 Å². The number of rotatable bonds is 2. The van der Waals surface area contributed by atoms with Crippen LogP contribution >= 0.6 is 0 Å². The smallest absolute Gasteiger partial charge is 0.228 e. The molecule has 0 bridgehead atoms. The summed E-state index contributed by atoms with van der Waals surface area (Å²) < 4.78 is 12.0. The maximum Gasteiger partial charge on any atom is 0.228 e. The molecule has 0 aliphatic rings. The maximum absolute atomic E-state index is 11.4. The normalized spacial score (nSPS) is 10.4. The third-order valence-corrected chi connectivity index (χ3v) is 2.52. The number of methoxy groups -OCH3 is 2. The van der Waals surface area contributed by atoms with Crippen LogP contribution in [0.5, 0.6) is 11.5 Å². The number of fused-ring (bicyclic) bond motifs is 1. The first-order valence-electron chi connectivity index (χ1n) is 4.91. The van der Waals surface area contributed by atoms with Gasteiger partial charge in [0, 0.05) is 24.6 Å². The zero-order chi connectivity index (χ0) is 11.7. The Morgan fingerprint density at radius 3 is 2.56 bits per heavy atom. The molecule has 0 amide bonds. The van der Waals surface area contributed by atoms with Crippen LogP contribution < -0.4 is 9.47 Å². The number of carbonyl (C=O) groups is 1. The molecule has 0 fully saturated rings. The van der Waals surface area contributed by atoms with Gasteiger partial charge in [-0.3, -0.25) is 9.36 Å². The third kappa shape index (κ3) is 1.52. The van der Waals surface area contributed by atoms with Crippen molar-refractivity contribution in [2.24, 2.45) is 0 Å².